The second-order valence-corrected chi connectivity index (χ2v) is 10.9. The first-order valence-electron chi connectivity index (χ1n) is 11.1. The van der Waals surface area contributed by atoms with Gasteiger partial charge in [0.25, 0.3) is 0 Å². The standard InChI is InChI=1S/C25H19ClF6N2O3S/c26-21-9-6-16-14-34(38(36,37)19-3-1-2-18(13-19)25(30,31)32)11-10-20(16)23(21)33-22(35)12-15-4-7-17(8-5-15)24(27,28)29/h1-9,13H,10-12,14H2,(H,33,35). The Kier molecular flexibility index (Phi) is 7.52. The zero-order valence-corrected chi connectivity index (χ0v) is 20.9. The molecule has 0 bridgehead atoms. The lowest BCUT2D eigenvalue weighted by Crippen LogP contribution is -2.36. The summed E-state index contributed by atoms with van der Waals surface area (Å²) in [4.78, 5) is 12.1. The van der Waals surface area contributed by atoms with Crippen LogP contribution in [0.5, 0.6) is 0 Å². The molecule has 0 unspecified atom stereocenters. The number of alkyl halides is 6. The van der Waals surface area contributed by atoms with E-state index in [4.69, 9.17) is 11.6 Å². The molecule has 0 aliphatic carbocycles. The monoisotopic (exact) mass is 576 g/mol. The quantitative estimate of drug-likeness (QED) is 0.362. The van der Waals surface area contributed by atoms with Gasteiger partial charge in [0.15, 0.2) is 0 Å². The average Bonchev–Trinajstić information content (AvgIpc) is 2.85. The van der Waals surface area contributed by atoms with Crippen molar-refractivity contribution in [1.29, 1.82) is 0 Å². The lowest BCUT2D eigenvalue weighted by molar-refractivity contribution is -0.138. The molecule has 0 atom stereocenters. The summed E-state index contributed by atoms with van der Waals surface area (Å²) < 4.78 is 105. The lowest BCUT2D eigenvalue weighted by Gasteiger charge is -2.30. The Morgan fingerprint density at radius 1 is 0.921 bits per heavy atom. The zero-order chi connectivity index (χ0) is 27.9. The van der Waals surface area contributed by atoms with Gasteiger partial charge in [-0.3, -0.25) is 4.79 Å². The highest BCUT2D eigenvalue weighted by atomic mass is 35.5. The fraction of sp³-hybridized carbons (Fsp3) is 0.240. The highest BCUT2D eigenvalue weighted by Crippen LogP contribution is 2.36. The van der Waals surface area contributed by atoms with Crippen LogP contribution in [-0.4, -0.2) is 25.2 Å². The molecule has 0 saturated carbocycles. The van der Waals surface area contributed by atoms with Gasteiger partial charge in [-0.25, -0.2) is 8.42 Å². The van der Waals surface area contributed by atoms with Crippen LogP contribution in [0.15, 0.2) is 65.6 Å². The van der Waals surface area contributed by atoms with Crippen LogP contribution in [0.2, 0.25) is 5.02 Å². The number of carbonyl (C=O) groups excluding carboxylic acids is 1. The molecule has 0 spiro atoms. The van der Waals surface area contributed by atoms with Crippen molar-refractivity contribution in [3.05, 3.63) is 93.5 Å². The smallest absolute Gasteiger partial charge is 0.324 e. The summed E-state index contributed by atoms with van der Waals surface area (Å²) in [5, 5.41) is 2.83. The van der Waals surface area contributed by atoms with Crippen molar-refractivity contribution >= 4 is 33.2 Å². The zero-order valence-electron chi connectivity index (χ0n) is 19.3. The molecule has 1 N–H and O–H groups in total. The van der Waals surface area contributed by atoms with E-state index < -0.39 is 44.3 Å². The molecule has 4 rings (SSSR count). The van der Waals surface area contributed by atoms with E-state index in [0.717, 1.165) is 34.6 Å². The van der Waals surface area contributed by atoms with Gasteiger partial charge in [-0.05, 0) is 59.5 Å². The fourth-order valence-corrected chi connectivity index (χ4v) is 5.79. The van der Waals surface area contributed by atoms with Gasteiger partial charge in [0.1, 0.15) is 0 Å². The van der Waals surface area contributed by atoms with Crippen LogP contribution < -0.4 is 5.32 Å². The lowest BCUT2D eigenvalue weighted by atomic mass is 9.98. The number of rotatable bonds is 5. The number of carbonyl (C=O) groups is 1. The van der Waals surface area contributed by atoms with Crippen molar-refractivity contribution < 1.29 is 39.6 Å². The second-order valence-electron chi connectivity index (χ2n) is 8.59. The molecule has 0 aromatic heterocycles. The van der Waals surface area contributed by atoms with E-state index in [2.05, 4.69) is 5.32 Å². The molecular formula is C25H19ClF6N2O3S. The number of benzene rings is 3. The highest BCUT2D eigenvalue weighted by molar-refractivity contribution is 7.89. The van der Waals surface area contributed by atoms with E-state index in [1.54, 1.807) is 6.07 Å². The largest absolute Gasteiger partial charge is 0.416 e. The first-order chi connectivity index (χ1) is 17.7. The molecule has 5 nitrogen and oxygen atoms in total. The molecule has 1 heterocycles. The van der Waals surface area contributed by atoms with E-state index in [9.17, 15) is 39.6 Å². The predicted octanol–water partition coefficient (Wildman–Crippen LogP) is 6.31. The Labute approximate surface area is 219 Å². The van der Waals surface area contributed by atoms with E-state index in [0.29, 0.717) is 22.8 Å². The summed E-state index contributed by atoms with van der Waals surface area (Å²) in [5.74, 6) is -0.543. The van der Waals surface area contributed by atoms with E-state index in [1.807, 2.05) is 0 Å². The maximum Gasteiger partial charge on any atom is 0.416 e. The number of hydrogen-bond donors (Lipinski definition) is 1. The molecule has 3 aromatic rings. The normalized spacial score (nSPS) is 14.7. The number of halogens is 7. The Morgan fingerprint density at radius 2 is 1.58 bits per heavy atom. The summed E-state index contributed by atoms with van der Waals surface area (Å²) in [6, 6.07) is 10.6. The van der Waals surface area contributed by atoms with Gasteiger partial charge in [0.2, 0.25) is 15.9 Å². The minimum atomic E-state index is -4.70. The third-order valence-corrected chi connectivity index (χ3v) is 8.18. The van der Waals surface area contributed by atoms with Crippen LogP contribution in [0.4, 0.5) is 32.0 Å². The molecule has 202 valence electrons. The first kappa shape index (κ1) is 27.9. The number of amides is 1. The number of hydrogen-bond acceptors (Lipinski definition) is 3. The summed E-state index contributed by atoms with van der Waals surface area (Å²) in [5.41, 5.74) is -0.269. The van der Waals surface area contributed by atoms with Crippen LogP contribution in [-0.2, 0) is 46.6 Å². The molecule has 0 saturated heterocycles. The van der Waals surface area contributed by atoms with Gasteiger partial charge in [-0.15, -0.1) is 0 Å². The molecule has 1 aliphatic heterocycles. The first-order valence-corrected chi connectivity index (χ1v) is 12.9. The van der Waals surface area contributed by atoms with Gasteiger partial charge in [0, 0.05) is 13.1 Å². The van der Waals surface area contributed by atoms with Crippen LogP contribution in [0, 0.1) is 0 Å². The third kappa shape index (κ3) is 5.97. The van der Waals surface area contributed by atoms with Crippen molar-refractivity contribution in [2.45, 2.75) is 36.6 Å². The van der Waals surface area contributed by atoms with Gasteiger partial charge in [0.05, 0.1) is 33.2 Å². The minimum absolute atomic E-state index is 0.0757. The van der Waals surface area contributed by atoms with E-state index in [1.165, 1.54) is 18.2 Å². The number of nitrogens with one attached hydrogen (secondary N) is 1. The van der Waals surface area contributed by atoms with Gasteiger partial charge >= 0.3 is 12.4 Å². The SMILES string of the molecule is O=C(Cc1ccc(C(F)(F)F)cc1)Nc1c(Cl)ccc2c1CCN(S(=O)(=O)c1cccc(C(F)(F)F)c1)C2. The maximum atomic E-state index is 13.1. The summed E-state index contributed by atoms with van der Waals surface area (Å²) in [6.45, 7) is -0.236. The van der Waals surface area contributed by atoms with Crippen LogP contribution in [0.3, 0.4) is 0 Å². The predicted molar refractivity (Wildman–Crippen MR) is 128 cm³/mol. The summed E-state index contributed by atoms with van der Waals surface area (Å²) in [7, 11) is -4.26. The van der Waals surface area contributed by atoms with Gasteiger partial charge in [-0.2, -0.15) is 30.6 Å². The van der Waals surface area contributed by atoms with Crippen LogP contribution >= 0.6 is 11.6 Å². The summed E-state index contributed by atoms with van der Waals surface area (Å²) >= 11 is 6.28. The van der Waals surface area contributed by atoms with Crippen molar-refractivity contribution in [2.75, 3.05) is 11.9 Å². The Bertz CT molecular complexity index is 1470. The fourth-order valence-electron chi connectivity index (χ4n) is 4.10. The molecule has 13 heteroatoms. The van der Waals surface area contributed by atoms with Gasteiger partial charge in [-0.1, -0.05) is 35.9 Å². The topological polar surface area (TPSA) is 66.5 Å². The number of sulfonamides is 1. The molecule has 3 aromatic carbocycles. The number of anilines is 1. The number of nitrogens with zero attached hydrogens (tertiary/aromatic N) is 1. The molecule has 1 aliphatic rings. The average molecular weight is 577 g/mol. The van der Waals surface area contributed by atoms with Crippen LogP contribution in [0.25, 0.3) is 0 Å². The molecule has 1 amide bonds. The van der Waals surface area contributed by atoms with Gasteiger partial charge < -0.3 is 5.32 Å². The number of fused-ring (bicyclic) bond motifs is 1. The van der Waals surface area contributed by atoms with Crippen LogP contribution in [0.1, 0.15) is 27.8 Å². The van der Waals surface area contributed by atoms with E-state index in [-0.39, 0.29) is 36.6 Å². The maximum absolute atomic E-state index is 13.1. The molecule has 0 radical (unpaired) electrons. The van der Waals surface area contributed by atoms with Crippen molar-refractivity contribution in [1.82, 2.24) is 4.31 Å². The Hall–Kier alpha value is -3.09. The highest BCUT2D eigenvalue weighted by Gasteiger charge is 2.35. The van der Waals surface area contributed by atoms with Crippen molar-refractivity contribution in [2.24, 2.45) is 0 Å². The summed E-state index contributed by atoms with van der Waals surface area (Å²) in [6.07, 6.45) is -9.32. The molecule has 38 heavy (non-hydrogen) atoms. The third-order valence-electron chi connectivity index (χ3n) is 6.03. The van der Waals surface area contributed by atoms with Crippen molar-refractivity contribution in [3.63, 3.8) is 0 Å². The molecular weight excluding hydrogens is 558 g/mol. The second kappa shape index (κ2) is 10.2. The molecule has 0 fully saturated rings. The van der Waals surface area contributed by atoms with E-state index >= 15 is 0 Å². The minimum Gasteiger partial charge on any atom is -0.324 e. The Balaban J connectivity index is 1.52. The van der Waals surface area contributed by atoms with Crippen molar-refractivity contribution in [3.8, 4) is 0 Å². The Morgan fingerprint density at radius 3 is 2.21 bits per heavy atom.